The third kappa shape index (κ3) is 7.67. The number of amides is 1. The zero-order valence-corrected chi connectivity index (χ0v) is 24.1. The number of sulfonamides is 1. The first kappa shape index (κ1) is 30.1. The molecule has 1 atom stereocenters. The minimum absolute atomic E-state index is 0.0193. The van der Waals surface area contributed by atoms with E-state index in [2.05, 4.69) is 25.4 Å². The molecule has 3 aromatic heterocycles. The first-order valence-corrected chi connectivity index (χ1v) is 15.0. The number of carboxylic acids is 1. The second kappa shape index (κ2) is 13.2. The van der Waals surface area contributed by atoms with Crippen molar-refractivity contribution in [3.63, 3.8) is 0 Å². The summed E-state index contributed by atoms with van der Waals surface area (Å²) >= 11 is 0.976. The van der Waals surface area contributed by atoms with E-state index in [1.807, 2.05) is 12.1 Å². The van der Waals surface area contributed by atoms with Crippen LogP contribution in [-0.4, -0.2) is 53.7 Å². The van der Waals surface area contributed by atoms with Crippen LogP contribution in [0.25, 0.3) is 11.5 Å². The smallest absolute Gasteiger partial charge is 0.326 e. The SMILES string of the molecule is Cn1nc(CNc2cccc(S(=O)(=O)Nc3ccsc3C(=O)N[C@@H](CCCN=C(N)N)C(=O)O)c2)cc1-c1ccco1. The van der Waals surface area contributed by atoms with Gasteiger partial charge in [0.2, 0.25) is 0 Å². The van der Waals surface area contributed by atoms with Gasteiger partial charge in [-0.05, 0) is 60.7 Å². The highest BCUT2D eigenvalue weighted by molar-refractivity contribution is 7.92. The number of anilines is 2. The van der Waals surface area contributed by atoms with E-state index < -0.39 is 27.9 Å². The van der Waals surface area contributed by atoms with Crippen LogP contribution in [-0.2, 0) is 28.4 Å². The fraction of sp³-hybridized carbons (Fsp3) is 0.231. The van der Waals surface area contributed by atoms with Gasteiger partial charge in [0.25, 0.3) is 15.9 Å². The quantitative estimate of drug-likeness (QED) is 0.0691. The number of nitrogens with zero attached hydrogens (tertiary/aromatic N) is 3. The Balaban J connectivity index is 1.41. The van der Waals surface area contributed by atoms with Gasteiger partial charge >= 0.3 is 5.97 Å². The Labute approximate surface area is 245 Å². The van der Waals surface area contributed by atoms with Gasteiger partial charge in [0.15, 0.2) is 11.7 Å². The molecule has 42 heavy (non-hydrogen) atoms. The fourth-order valence-electron chi connectivity index (χ4n) is 3.99. The van der Waals surface area contributed by atoms with Crippen LogP contribution in [0, 0.1) is 0 Å². The molecule has 0 saturated carbocycles. The highest BCUT2D eigenvalue weighted by Gasteiger charge is 2.25. The number of carboxylic acid groups (broad SMARTS) is 1. The molecule has 4 rings (SSSR count). The van der Waals surface area contributed by atoms with Crippen molar-refractivity contribution in [3.05, 3.63) is 70.7 Å². The molecule has 8 N–H and O–H groups in total. The van der Waals surface area contributed by atoms with E-state index in [4.69, 9.17) is 15.9 Å². The molecule has 0 aliphatic carbocycles. The number of nitrogens with one attached hydrogen (secondary N) is 3. The number of benzene rings is 1. The molecule has 1 aromatic carbocycles. The van der Waals surface area contributed by atoms with Gasteiger partial charge in [-0.15, -0.1) is 11.3 Å². The fourth-order valence-corrected chi connectivity index (χ4v) is 5.92. The highest BCUT2D eigenvalue weighted by atomic mass is 32.2. The van der Waals surface area contributed by atoms with Gasteiger partial charge in [-0.3, -0.25) is 19.2 Å². The summed E-state index contributed by atoms with van der Waals surface area (Å²) in [5.41, 5.74) is 12.6. The van der Waals surface area contributed by atoms with E-state index in [0.717, 1.165) is 22.7 Å². The molecule has 3 heterocycles. The topological polar surface area (TPSA) is 220 Å². The average Bonchev–Trinajstić information content (AvgIpc) is 3.70. The standard InChI is InChI=1S/C26H30N8O6S2/c1-34-21(22-8-4-11-40-22)14-17(32-34)15-30-16-5-2-6-18(13-16)42(38,39)33-19-9-12-41-23(19)24(35)31-20(25(36)37)7-3-10-29-26(27)28/h2,4-6,8-9,11-14,20,30,33H,3,7,10,15H2,1H3,(H,31,35)(H,36,37)(H4,27,28,29)/t20-/m0/s1. The number of furan rings is 1. The third-order valence-corrected chi connectivity index (χ3v) is 8.26. The van der Waals surface area contributed by atoms with Crippen LogP contribution >= 0.6 is 11.3 Å². The summed E-state index contributed by atoms with van der Waals surface area (Å²) in [6, 6.07) is 11.9. The maximum atomic E-state index is 13.2. The molecule has 0 radical (unpaired) electrons. The van der Waals surface area contributed by atoms with Crippen molar-refractivity contribution in [2.75, 3.05) is 16.6 Å². The molecule has 16 heteroatoms. The second-order valence-electron chi connectivity index (χ2n) is 9.09. The maximum Gasteiger partial charge on any atom is 0.326 e. The molecule has 0 bridgehead atoms. The molecule has 0 aliphatic rings. The Hall–Kier alpha value is -4.83. The normalized spacial score (nSPS) is 11.9. The number of aliphatic carboxylic acids is 1. The lowest BCUT2D eigenvalue weighted by Gasteiger charge is -2.15. The van der Waals surface area contributed by atoms with Crippen molar-refractivity contribution in [2.45, 2.75) is 30.3 Å². The van der Waals surface area contributed by atoms with Crippen LogP contribution in [0.15, 0.2) is 74.5 Å². The zero-order chi connectivity index (χ0) is 30.3. The van der Waals surface area contributed by atoms with Gasteiger partial charge in [-0.2, -0.15) is 5.10 Å². The van der Waals surface area contributed by atoms with Crippen molar-refractivity contribution in [2.24, 2.45) is 23.5 Å². The summed E-state index contributed by atoms with van der Waals surface area (Å²) in [7, 11) is -2.30. The van der Waals surface area contributed by atoms with Crippen LogP contribution in [0.4, 0.5) is 11.4 Å². The van der Waals surface area contributed by atoms with Crippen molar-refractivity contribution in [1.29, 1.82) is 0 Å². The number of carbonyl (C=O) groups is 2. The zero-order valence-electron chi connectivity index (χ0n) is 22.5. The van der Waals surface area contributed by atoms with E-state index in [1.165, 1.54) is 23.6 Å². The molecule has 14 nitrogen and oxygen atoms in total. The number of aliphatic imine (C=N–C) groups is 1. The van der Waals surface area contributed by atoms with Crippen LogP contribution in [0.5, 0.6) is 0 Å². The highest BCUT2D eigenvalue weighted by Crippen LogP contribution is 2.27. The van der Waals surface area contributed by atoms with Crippen LogP contribution in [0.2, 0.25) is 0 Å². The van der Waals surface area contributed by atoms with Gasteiger partial charge in [0.1, 0.15) is 16.6 Å². The summed E-state index contributed by atoms with van der Waals surface area (Å²) in [6.45, 7) is 0.533. The Morgan fingerprint density at radius 3 is 2.71 bits per heavy atom. The van der Waals surface area contributed by atoms with Crippen molar-refractivity contribution >= 4 is 50.6 Å². The van der Waals surface area contributed by atoms with Crippen LogP contribution < -0.4 is 26.8 Å². The Bertz CT molecular complexity index is 1670. The lowest BCUT2D eigenvalue weighted by Crippen LogP contribution is -2.40. The maximum absolute atomic E-state index is 13.2. The Morgan fingerprint density at radius 1 is 1.19 bits per heavy atom. The predicted octanol–water partition coefficient (Wildman–Crippen LogP) is 2.39. The van der Waals surface area contributed by atoms with Crippen molar-refractivity contribution in [3.8, 4) is 11.5 Å². The van der Waals surface area contributed by atoms with Crippen molar-refractivity contribution in [1.82, 2.24) is 15.1 Å². The first-order valence-electron chi connectivity index (χ1n) is 12.6. The van der Waals surface area contributed by atoms with Crippen LogP contribution in [0.1, 0.15) is 28.2 Å². The summed E-state index contributed by atoms with van der Waals surface area (Å²) in [4.78, 5) is 28.3. The molecule has 0 fully saturated rings. The van der Waals surface area contributed by atoms with E-state index in [9.17, 15) is 23.1 Å². The Morgan fingerprint density at radius 2 is 2.00 bits per heavy atom. The molecule has 1 amide bonds. The summed E-state index contributed by atoms with van der Waals surface area (Å²) in [5.74, 6) is -1.40. The number of aromatic nitrogens is 2. The number of rotatable bonds is 14. The van der Waals surface area contributed by atoms with Gasteiger partial charge in [0, 0.05) is 19.3 Å². The monoisotopic (exact) mass is 614 g/mol. The minimum atomic E-state index is -4.10. The van der Waals surface area contributed by atoms with Gasteiger partial charge < -0.3 is 31.6 Å². The molecular formula is C26H30N8O6S2. The minimum Gasteiger partial charge on any atom is -0.480 e. The lowest BCUT2D eigenvalue weighted by molar-refractivity contribution is -0.139. The molecule has 0 aliphatic heterocycles. The Kier molecular flexibility index (Phi) is 9.49. The predicted molar refractivity (Wildman–Crippen MR) is 159 cm³/mol. The number of hydrogen-bond acceptors (Lipinski definition) is 9. The molecular weight excluding hydrogens is 584 g/mol. The van der Waals surface area contributed by atoms with Crippen molar-refractivity contribution < 1.29 is 27.5 Å². The molecule has 0 unspecified atom stereocenters. The molecule has 222 valence electrons. The second-order valence-corrected chi connectivity index (χ2v) is 11.7. The summed E-state index contributed by atoms with van der Waals surface area (Å²) < 4.78 is 36.0. The first-order chi connectivity index (χ1) is 20.0. The summed E-state index contributed by atoms with van der Waals surface area (Å²) in [6.07, 6.45) is 1.97. The lowest BCUT2D eigenvalue weighted by atomic mass is 10.1. The number of carbonyl (C=O) groups excluding carboxylic acids is 1. The number of aryl methyl sites for hydroxylation is 1. The van der Waals surface area contributed by atoms with Crippen LogP contribution in [0.3, 0.4) is 0 Å². The largest absolute Gasteiger partial charge is 0.480 e. The number of nitrogens with two attached hydrogens (primary N) is 2. The molecule has 0 saturated heterocycles. The number of thiophene rings is 1. The molecule has 0 spiro atoms. The van der Waals surface area contributed by atoms with E-state index in [0.29, 0.717) is 24.4 Å². The molecule has 4 aromatic rings. The summed E-state index contributed by atoms with van der Waals surface area (Å²) in [5, 5.41) is 21.1. The average molecular weight is 615 g/mol. The van der Waals surface area contributed by atoms with Gasteiger partial charge in [-0.1, -0.05) is 6.07 Å². The van der Waals surface area contributed by atoms with Gasteiger partial charge in [0.05, 0.1) is 29.1 Å². The van der Waals surface area contributed by atoms with E-state index >= 15 is 0 Å². The van der Waals surface area contributed by atoms with E-state index in [1.54, 1.807) is 36.2 Å². The number of hydrogen-bond donors (Lipinski definition) is 6. The van der Waals surface area contributed by atoms with Gasteiger partial charge in [-0.25, -0.2) is 13.2 Å². The third-order valence-electron chi connectivity index (χ3n) is 5.99. The van der Waals surface area contributed by atoms with E-state index in [-0.39, 0.29) is 34.4 Å². The number of guanidine groups is 1.